The van der Waals surface area contributed by atoms with E-state index in [0.29, 0.717) is 17.1 Å². The summed E-state index contributed by atoms with van der Waals surface area (Å²) in [6, 6.07) is 7.34. The number of nitrogens with zero attached hydrogens (tertiary/aromatic N) is 2. The number of hydrogen-bond donors (Lipinski definition) is 2. The third-order valence-electron chi connectivity index (χ3n) is 4.07. The molecule has 124 valence electrons. The molecule has 0 saturated heterocycles. The van der Waals surface area contributed by atoms with Crippen LogP contribution < -0.4 is 5.32 Å². The number of carbonyl (C=O) groups excluding carboxylic acids is 1. The standard InChI is InChI=1S/C17H22ClN3O2/c1-4-17(3,9-10-22)19-16(23)15-12(2)11-21(20-15)14-8-6-5-7-13(14)18/h5-8,11,22H,4,9-10H2,1-3H3,(H,19,23). The molecule has 0 fully saturated rings. The molecule has 1 heterocycles. The van der Waals surface area contributed by atoms with E-state index >= 15 is 0 Å². The number of benzene rings is 1. The molecule has 0 aliphatic heterocycles. The van der Waals surface area contributed by atoms with Gasteiger partial charge in [0.25, 0.3) is 5.91 Å². The van der Waals surface area contributed by atoms with Crippen molar-refractivity contribution in [3.63, 3.8) is 0 Å². The zero-order valence-electron chi connectivity index (χ0n) is 13.6. The Kier molecular flexibility index (Phi) is 5.44. The number of rotatable bonds is 6. The largest absolute Gasteiger partial charge is 0.396 e. The summed E-state index contributed by atoms with van der Waals surface area (Å²) in [7, 11) is 0. The highest BCUT2D eigenvalue weighted by Gasteiger charge is 2.26. The molecule has 5 nitrogen and oxygen atoms in total. The van der Waals surface area contributed by atoms with E-state index in [1.165, 1.54) is 0 Å². The Labute approximate surface area is 141 Å². The van der Waals surface area contributed by atoms with E-state index in [0.717, 1.165) is 17.7 Å². The van der Waals surface area contributed by atoms with Crippen LogP contribution in [0, 0.1) is 6.92 Å². The summed E-state index contributed by atoms with van der Waals surface area (Å²) in [5.74, 6) is -0.244. The van der Waals surface area contributed by atoms with Crippen molar-refractivity contribution in [2.45, 2.75) is 39.2 Å². The Bertz CT molecular complexity index is 699. The first-order valence-corrected chi connectivity index (χ1v) is 8.02. The Balaban J connectivity index is 2.28. The zero-order chi connectivity index (χ0) is 17.0. The highest BCUT2D eigenvalue weighted by Crippen LogP contribution is 2.21. The van der Waals surface area contributed by atoms with Crippen LogP contribution in [0.3, 0.4) is 0 Å². The first-order valence-electron chi connectivity index (χ1n) is 7.64. The molecule has 1 amide bonds. The molecule has 0 aliphatic carbocycles. The maximum atomic E-state index is 12.5. The minimum atomic E-state index is -0.452. The Morgan fingerprint density at radius 1 is 1.43 bits per heavy atom. The number of aliphatic hydroxyl groups excluding tert-OH is 1. The Morgan fingerprint density at radius 2 is 2.13 bits per heavy atom. The van der Waals surface area contributed by atoms with Crippen LogP contribution in [0.2, 0.25) is 5.02 Å². The van der Waals surface area contributed by atoms with Crippen molar-refractivity contribution in [2.24, 2.45) is 0 Å². The van der Waals surface area contributed by atoms with Crippen LogP contribution in [0.15, 0.2) is 30.5 Å². The molecule has 1 aromatic carbocycles. The highest BCUT2D eigenvalue weighted by molar-refractivity contribution is 6.32. The summed E-state index contributed by atoms with van der Waals surface area (Å²) in [6.45, 7) is 5.76. The fraction of sp³-hybridized carbons (Fsp3) is 0.412. The van der Waals surface area contributed by atoms with Crippen molar-refractivity contribution in [1.82, 2.24) is 15.1 Å². The van der Waals surface area contributed by atoms with Gasteiger partial charge < -0.3 is 10.4 Å². The van der Waals surface area contributed by atoms with Gasteiger partial charge in [0.05, 0.1) is 10.7 Å². The molecule has 23 heavy (non-hydrogen) atoms. The van der Waals surface area contributed by atoms with Crippen LogP contribution in [-0.2, 0) is 0 Å². The zero-order valence-corrected chi connectivity index (χ0v) is 14.4. The highest BCUT2D eigenvalue weighted by atomic mass is 35.5. The first kappa shape index (κ1) is 17.5. The number of aryl methyl sites for hydroxylation is 1. The second kappa shape index (κ2) is 7.15. The van der Waals surface area contributed by atoms with Gasteiger partial charge in [0.2, 0.25) is 0 Å². The molecular formula is C17H22ClN3O2. The Morgan fingerprint density at radius 3 is 2.74 bits per heavy atom. The molecule has 6 heteroatoms. The van der Waals surface area contributed by atoms with Gasteiger partial charge in [0, 0.05) is 23.9 Å². The van der Waals surface area contributed by atoms with Gasteiger partial charge in [-0.1, -0.05) is 30.7 Å². The summed E-state index contributed by atoms with van der Waals surface area (Å²) in [5, 5.41) is 17.1. The summed E-state index contributed by atoms with van der Waals surface area (Å²) in [5.41, 5.74) is 1.41. The number of amides is 1. The van der Waals surface area contributed by atoms with Gasteiger partial charge in [0.1, 0.15) is 0 Å². The van der Waals surface area contributed by atoms with Crippen molar-refractivity contribution < 1.29 is 9.90 Å². The van der Waals surface area contributed by atoms with E-state index in [-0.39, 0.29) is 12.5 Å². The maximum Gasteiger partial charge on any atom is 0.272 e. The van der Waals surface area contributed by atoms with E-state index in [2.05, 4.69) is 10.4 Å². The fourth-order valence-electron chi connectivity index (χ4n) is 2.35. The molecule has 2 N–H and O–H groups in total. The summed E-state index contributed by atoms with van der Waals surface area (Å²) in [4.78, 5) is 12.5. The van der Waals surface area contributed by atoms with Crippen LogP contribution >= 0.6 is 11.6 Å². The van der Waals surface area contributed by atoms with Crippen LogP contribution in [0.25, 0.3) is 5.69 Å². The minimum absolute atomic E-state index is 0.0255. The third-order valence-corrected chi connectivity index (χ3v) is 4.39. The summed E-state index contributed by atoms with van der Waals surface area (Å²) < 4.78 is 1.61. The fourth-order valence-corrected chi connectivity index (χ4v) is 2.58. The molecule has 1 atom stereocenters. The predicted octanol–water partition coefficient (Wildman–Crippen LogP) is 3.12. The van der Waals surface area contributed by atoms with Crippen LogP contribution in [0.1, 0.15) is 42.7 Å². The van der Waals surface area contributed by atoms with E-state index in [1.807, 2.05) is 39.0 Å². The second-order valence-corrected chi connectivity index (χ2v) is 6.31. The molecule has 2 aromatic rings. The van der Waals surface area contributed by atoms with Crippen molar-refractivity contribution in [1.29, 1.82) is 0 Å². The number of aromatic nitrogens is 2. The summed E-state index contributed by atoms with van der Waals surface area (Å²) in [6.07, 6.45) is 3.01. The van der Waals surface area contributed by atoms with Gasteiger partial charge in [-0.05, 0) is 38.8 Å². The predicted molar refractivity (Wildman–Crippen MR) is 91.2 cm³/mol. The van der Waals surface area contributed by atoms with Gasteiger partial charge in [-0.2, -0.15) is 5.10 Å². The molecule has 0 radical (unpaired) electrons. The normalized spacial score (nSPS) is 13.6. The van der Waals surface area contributed by atoms with Gasteiger partial charge in [-0.3, -0.25) is 4.79 Å². The van der Waals surface area contributed by atoms with E-state index in [1.54, 1.807) is 16.9 Å². The Hall–Kier alpha value is -1.85. The molecule has 2 rings (SSSR count). The van der Waals surface area contributed by atoms with Gasteiger partial charge in [-0.15, -0.1) is 0 Å². The van der Waals surface area contributed by atoms with Crippen molar-refractivity contribution in [2.75, 3.05) is 6.61 Å². The summed E-state index contributed by atoms with van der Waals surface area (Å²) >= 11 is 6.18. The first-order chi connectivity index (χ1) is 10.9. The van der Waals surface area contributed by atoms with Gasteiger partial charge >= 0.3 is 0 Å². The third kappa shape index (κ3) is 3.92. The van der Waals surface area contributed by atoms with Crippen LogP contribution in [0.4, 0.5) is 0 Å². The molecule has 0 saturated carbocycles. The molecule has 0 bridgehead atoms. The molecule has 1 aromatic heterocycles. The average Bonchev–Trinajstić information content (AvgIpc) is 2.90. The lowest BCUT2D eigenvalue weighted by atomic mass is 9.94. The number of carbonyl (C=O) groups is 1. The van der Waals surface area contributed by atoms with Gasteiger partial charge in [-0.25, -0.2) is 4.68 Å². The lowest BCUT2D eigenvalue weighted by molar-refractivity contribution is 0.0880. The number of halogens is 1. The quantitative estimate of drug-likeness (QED) is 0.852. The van der Waals surface area contributed by atoms with Crippen molar-refractivity contribution in [3.05, 3.63) is 46.7 Å². The van der Waals surface area contributed by atoms with Gasteiger partial charge in [0.15, 0.2) is 5.69 Å². The molecular weight excluding hydrogens is 314 g/mol. The average molecular weight is 336 g/mol. The lowest BCUT2D eigenvalue weighted by Crippen LogP contribution is -2.46. The van der Waals surface area contributed by atoms with E-state index < -0.39 is 5.54 Å². The van der Waals surface area contributed by atoms with Crippen molar-refractivity contribution >= 4 is 17.5 Å². The molecule has 0 aliphatic rings. The monoisotopic (exact) mass is 335 g/mol. The smallest absolute Gasteiger partial charge is 0.272 e. The molecule has 0 spiro atoms. The number of aliphatic hydroxyl groups is 1. The second-order valence-electron chi connectivity index (χ2n) is 5.90. The number of para-hydroxylation sites is 1. The lowest BCUT2D eigenvalue weighted by Gasteiger charge is -2.28. The van der Waals surface area contributed by atoms with Crippen LogP contribution in [-0.4, -0.2) is 32.9 Å². The maximum absolute atomic E-state index is 12.5. The number of hydrogen-bond acceptors (Lipinski definition) is 3. The SMILES string of the molecule is CCC(C)(CCO)NC(=O)c1nn(-c2ccccc2Cl)cc1C. The topological polar surface area (TPSA) is 67.2 Å². The van der Waals surface area contributed by atoms with Crippen LogP contribution in [0.5, 0.6) is 0 Å². The van der Waals surface area contributed by atoms with Crippen molar-refractivity contribution in [3.8, 4) is 5.69 Å². The van der Waals surface area contributed by atoms with E-state index in [4.69, 9.17) is 16.7 Å². The number of nitrogens with one attached hydrogen (secondary N) is 1. The minimum Gasteiger partial charge on any atom is -0.396 e. The van der Waals surface area contributed by atoms with E-state index in [9.17, 15) is 4.79 Å². The molecule has 1 unspecified atom stereocenters.